The molecule has 2 aliphatic rings. The molecule has 174 valence electrons. The van der Waals surface area contributed by atoms with Gasteiger partial charge in [-0.3, -0.25) is 14.8 Å². The lowest BCUT2D eigenvalue weighted by Gasteiger charge is -2.40. The van der Waals surface area contributed by atoms with Crippen LogP contribution in [0.2, 0.25) is 0 Å². The zero-order valence-corrected chi connectivity index (χ0v) is 19.0. The largest absolute Gasteiger partial charge is 0.495 e. The summed E-state index contributed by atoms with van der Waals surface area (Å²) < 4.78 is 21.0. The van der Waals surface area contributed by atoms with Gasteiger partial charge in [0.15, 0.2) is 5.84 Å². The Morgan fingerprint density at radius 1 is 1.12 bits per heavy atom. The number of hydrogen-bond acceptors (Lipinski definition) is 6. The molecule has 0 radical (unpaired) electrons. The Labute approximate surface area is 197 Å². The first kappa shape index (κ1) is 21.7. The number of aryl methyl sites for hydroxylation is 1. The number of imidazole rings is 1. The molecule has 3 heterocycles. The Balaban J connectivity index is 1.50. The number of methoxy groups -OCH3 is 1. The normalized spacial score (nSPS) is 17.2. The van der Waals surface area contributed by atoms with Crippen molar-refractivity contribution in [2.75, 3.05) is 31.8 Å². The van der Waals surface area contributed by atoms with Crippen molar-refractivity contribution in [3.63, 3.8) is 0 Å². The summed E-state index contributed by atoms with van der Waals surface area (Å²) in [5.41, 5.74) is 4.25. The van der Waals surface area contributed by atoms with Crippen LogP contribution in [0.3, 0.4) is 0 Å². The summed E-state index contributed by atoms with van der Waals surface area (Å²) in [4.78, 5) is 21.2. The molecule has 5 rings (SSSR count). The van der Waals surface area contributed by atoms with Crippen molar-refractivity contribution in [3.8, 4) is 11.4 Å². The molecule has 2 aromatic carbocycles. The number of piperazine rings is 1. The van der Waals surface area contributed by atoms with Gasteiger partial charge in [-0.25, -0.2) is 9.37 Å². The van der Waals surface area contributed by atoms with Crippen molar-refractivity contribution in [2.24, 2.45) is 4.99 Å². The number of halogens is 1. The van der Waals surface area contributed by atoms with Crippen molar-refractivity contribution in [2.45, 2.75) is 13.3 Å². The topological polar surface area (TPSA) is 75.0 Å². The molecule has 2 aliphatic heterocycles. The number of amidine groups is 1. The third-order valence-corrected chi connectivity index (χ3v) is 5.81. The minimum Gasteiger partial charge on any atom is -0.495 e. The van der Waals surface area contributed by atoms with Crippen molar-refractivity contribution in [3.05, 3.63) is 77.8 Å². The van der Waals surface area contributed by atoms with Gasteiger partial charge in [0.25, 0.3) is 0 Å². The average Bonchev–Trinajstić information content (AvgIpc) is 3.19. The van der Waals surface area contributed by atoms with Gasteiger partial charge >= 0.3 is 0 Å². The van der Waals surface area contributed by atoms with Crippen molar-refractivity contribution >= 4 is 23.5 Å². The summed E-state index contributed by atoms with van der Waals surface area (Å²) in [5, 5.41) is 7.35. The fourth-order valence-corrected chi connectivity index (χ4v) is 4.18. The molecule has 0 aliphatic carbocycles. The van der Waals surface area contributed by atoms with E-state index in [1.54, 1.807) is 25.6 Å². The number of carbonyl (C=O) groups excluding carboxylic acids is 1. The van der Waals surface area contributed by atoms with Crippen molar-refractivity contribution in [1.82, 2.24) is 19.9 Å². The number of nitrogens with zero attached hydrogens (tertiary/aromatic N) is 5. The zero-order valence-electron chi connectivity index (χ0n) is 19.0. The van der Waals surface area contributed by atoms with Crippen LogP contribution in [0.15, 0.2) is 65.7 Å². The Hall–Kier alpha value is -4.14. The van der Waals surface area contributed by atoms with Crippen LogP contribution < -0.4 is 15.1 Å². The highest BCUT2D eigenvalue weighted by atomic mass is 19.1. The molecule has 8 nitrogen and oxygen atoms in total. The van der Waals surface area contributed by atoms with Crippen LogP contribution >= 0.6 is 0 Å². The highest BCUT2D eigenvalue weighted by Gasteiger charge is 2.30. The van der Waals surface area contributed by atoms with Crippen LogP contribution in [0.1, 0.15) is 17.7 Å². The number of anilines is 1. The average molecular weight is 461 g/mol. The van der Waals surface area contributed by atoms with E-state index in [1.165, 1.54) is 12.1 Å². The first-order valence-electron chi connectivity index (χ1n) is 11.1. The SMILES string of the molecule is COc1cc(/C=C2\NCCN3C2=NC(=O)CCN3c2ccc(F)cc2)ccc1-n1cnc(C)c1. The van der Waals surface area contributed by atoms with Crippen molar-refractivity contribution < 1.29 is 13.9 Å². The molecule has 3 aromatic rings. The summed E-state index contributed by atoms with van der Waals surface area (Å²) in [6.45, 7) is 3.70. The van der Waals surface area contributed by atoms with Gasteiger partial charge in [-0.05, 0) is 55.0 Å². The van der Waals surface area contributed by atoms with E-state index < -0.39 is 0 Å². The minimum atomic E-state index is -0.298. The van der Waals surface area contributed by atoms with E-state index in [2.05, 4.69) is 15.3 Å². The van der Waals surface area contributed by atoms with Crippen LogP contribution in [-0.4, -0.2) is 53.0 Å². The Morgan fingerprint density at radius 2 is 1.94 bits per heavy atom. The predicted molar refractivity (Wildman–Crippen MR) is 128 cm³/mol. The number of amides is 1. The third kappa shape index (κ3) is 4.24. The van der Waals surface area contributed by atoms with E-state index in [0.29, 0.717) is 31.2 Å². The number of benzene rings is 2. The van der Waals surface area contributed by atoms with Gasteiger partial charge in [0.05, 0.1) is 42.7 Å². The zero-order chi connectivity index (χ0) is 23.7. The first-order valence-corrected chi connectivity index (χ1v) is 11.1. The molecular formula is C25H25FN6O2. The number of aromatic nitrogens is 2. The monoisotopic (exact) mass is 460 g/mol. The number of rotatable bonds is 4. The van der Waals surface area contributed by atoms with Gasteiger partial charge in [0.1, 0.15) is 11.6 Å². The summed E-state index contributed by atoms with van der Waals surface area (Å²) in [5.74, 6) is 0.757. The lowest BCUT2D eigenvalue weighted by Crippen LogP contribution is -2.54. The molecule has 1 amide bonds. The molecule has 0 atom stereocenters. The fourth-order valence-electron chi connectivity index (χ4n) is 4.18. The second-order valence-corrected chi connectivity index (χ2v) is 8.14. The molecule has 0 saturated carbocycles. The fraction of sp³-hybridized carbons (Fsp3) is 0.240. The number of aliphatic imine (C=N–C) groups is 1. The van der Waals surface area contributed by atoms with E-state index in [4.69, 9.17) is 4.74 Å². The standard InChI is InChI=1S/C25H25FN6O2/c1-17-15-30(16-28-17)22-8-3-18(14-23(22)34-2)13-21-25-29-24(33)9-11-31(32(25)12-10-27-21)20-6-4-19(26)5-7-20/h3-8,13-16,27H,9-12H2,1-2H3/b21-13-. The van der Waals surface area contributed by atoms with E-state index in [9.17, 15) is 9.18 Å². The Morgan fingerprint density at radius 3 is 2.68 bits per heavy atom. The van der Waals surface area contributed by atoms with Gasteiger partial charge in [-0.1, -0.05) is 6.07 Å². The van der Waals surface area contributed by atoms with E-state index in [-0.39, 0.29) is 18.1 Å². The number of hydrogen-bond donors (Lipinski definition) is 1. The maximum absolute atomic E-state index is 13.5. The molecule has 0 spiro atoms. The number of ether oxygens (including phenoxy) is 1. The maximum Gasteiger partial charge on any atom is 0.249 e. The number of hydrazine groups is 1. The second kappa shape index (κ2) is 9.01. The summed E-state index contributed by atoms with van der Waals surface area (Å²) in [7, 11) is 1.63. The highest BCUT2D eigenvalue weighted by Crippen LogP contribution is 2.27. The lowest BCUT2D eigenvalue weighted by atomic mass is 10.1. The van der Waals surface area contributed by atoms with Gasteiger partial charge in [0.2, 0.25) is 5.91 Å². The molecule has 9 heteroatoms. The second-order valence-electron chi connectivity index (χ2n) is 8.14. The molecule has 0 unspecified atom stereocenters. The maximum atomic E-state index is 13.5. The van der Waals surface area contributed by atoms with Crippen LogP contribution in [0.4, 0.5) is 10.1 Å². The summed E-state index contributed by atoms with van der Waals surface area (Å²) in [6.07, 6.45) is 5.92. The predicted octanol–water partition coefficient (Wildman–Crippen LogP) is 3.32. The van der Waals surface area contributed by atoms with Crippen molar-refractivity contribution in [1.29, 1.82) is 0 Å². The Kier molecular flexibility index (Phi) is 5.75. The number of fused-ring (bicyclic) bond motifs is 1. The molecular weight excluding hydrogens is 435 g/mol. The van der Waals surface area contributed by atoms with Crippen LogP contribution in [0.25, 0.3) is 11.8 Å². The number of carbonyl (C=O) groups is 1. The third-order valence-electron chi connectivity index (χ3n) is 5.81. The van der Waals surface area contributed by atoms with Gasteiger partial charge in [-0.15, -0.1) is 0 Å². The van der Waals surface area contributed by atoms with Crippen LogP contribution in [-0.2, 0) is 4.79 Å². The van der Waals surface area contributed by atoms with Crippen LogP contribution in [0.5, 0.6) is 5.75 Å². The quantitative estimate of drug-likeness (QED) is 0.644. The van der Waals surface area contributed by atoms with Gasteiger partial charge < -0.3 is 14.6 Å². The summed E-state index contributed by atoms with van der Waals surface area (Å²) >= 11 is 0. The van der Waals surface area contributed by atoms with E-state index >= 15 is 0 Å². The number of nitrogens with one attached hydrogen (secondary N) is 1. The van der Waals surface area contributed by atoms with E-state index in [0.717, 1.165) is 28.3 Å². The Bertz CT molecular complexity index is 1280. The van der Waals surface area contributed by atoms with Gasteiger partial charge in [0, 0.05) is 25.7 Å². The molecule has 0 bridgehead atoms. The molecule has 34 heavy (non-hydrogen) atoms. The highest BCUT2D eigenvalue weighted by molar-refractivity contribution is 6.08. The lowest BCUT2D eigenvalue weighted by molar-refractivity contribution is -0.117. The molecule has 1 saturated heterocycles. The molecule has 1 N–H and O–H groups in total. The molecule has 1 aromatic heterocycles. The molecule has 1 fully saturated rings. The van der Waals surface area contributed by atoms with E-state index in [1.807, 2.05) is 52.0 Å². The van der Waals surface area contributed by atoms with Crippen LogP contribution in [0, 0.1) is 12.7 Å². The smallest absolute Gasteiger partial charge is 0.249 e. The minimum absolute atomic E-state index is 0.192. The van der Waals surface area contributed by atoms with Gasteiger partial charge in [-0.2, -0.15) is 4.99 Å². The summed E-state index contributed by atoms with van der Waals surface area (Å²) in [6, 6.07) is 12.2. The first-order chi connectivity index (χ1) is 16.5.